The zero-order valence-corrected chi connectivity index (χ0v) is 17.7. The predicted molar refractivity (Wildman–Crippen MR) is 121 cm³/mol. The van der Waals surface area contributed by atoms with Crippen molar-refractivity contribution in [1.82, 2.24) is 0 Å². The number of hydrogen-bond acceptors (Lipinski definition) is 3. The molecule has 0 saturated heterocycles. The van der Waals surface area contributed by atoms with Gasteiger partial charge in [-0.05, 0) is 11.1 Å². The van der Waals surface area contributed by atoms with Gasteiger partial charge in [0.15, 0.2) is 5.78 Å². The smallest absolute Gasteiger partial charge is 0.167 e. The van der Waals surface area contributed by atoms with Gasteiger partial charge in [-0.15, -0.1) is 0 Å². The normalized spacial score (nSPS) is 14.1. The Labute approximate surface area is 177 Å². The van der Waals surface area contributed by atoms with E-state index in [1.54, 1.807) is 12.1 Å². The third-order valence-electron chi connectivity index (χ3n) is 4.54. The van der Waals surface area contributed by atoms with Crippen LogP contribution >= 0.6 is 0 Å². The van der Waals surface area contributed by atoms with Crippen LogP contribution in [-0.2, 0) is 33.1 Å². The molecular weight excluding hydrogens is 400 g/mol. The highest BCUT2D eigenvalue weighted by Crippen LogP contribution is 2.16. The number of carbonyl (C=O) groups excluding carboxylic acids is 1. The summed E-state index contributed by atoms with van der Waals surface area (Å²) in [5.41, 5.74) is 2.52. The number of carbonyl (C=O) groups is 1. The summed E-state index contributed by atoms with van der Waals surface area (Å²) >= 11 is 0. The van der Waals surface area contributed by atoms with Gasteiger partial charge in [-0.3, -0.25) is 13.2 Å². The van der Waals surface area contributed by atoms with Crippen LogP contribution in [0.15, 0.2) is 91.0 Å². The van der Waals surface area contributed by atoms with Crippen LogP contribution in [0.2, 0.25) is 0 Å². The second-order valence-corrected chi connectivity index (χ2v) is 9.90. The number of hydrogen-bond donors (Lipinski definition) is 0. The Morgan fingerprint density at radius 1 is 0.621 bits per heavy atom. The molecule has 0 bridgehead atoms. The van der Waals surface area contributed by atoms with Crippen molar-refractivity contribution in [3.05, 3.63) is 108 Å². The number of ketones is 1. The Bertz CT molecular complexity index is 902. The Balaban J connectivity index is 1.71. The SMILES string of the molecule is O=C(c1ccccc1)C(CS(=O)Cc1ccccc1)CS(=O)Cc1ccccc1. The molecule has 29 heavy (non-hydrogen) atoms. The van der Waals surface area contributed by atoms with Crippen molar-refractivity contribution in [3.63, 3.8) is 0 Å². The van der Waals surface area contributed by atoms with Crippen LogP contribution in [-0.4, -0.2) is 25.7 Å². The van der Waals surface area contributed by atoms with Gasteiger partial charge in [-0.2, -0.15) is 0 Å². The minimum absolute atomic E-state index is 0.0894. The number of Topliss-reactive ketones (excluding diaryl/α,β-unsaturated/α-hetero) is 1. The van der Waals surface area contributed by atoms with Crippen LogP contribution in [0.25, 0.3) is 0 Å². The fourth-order valence-corrected chi connectivity index (χ4v) is 6.07. The molecule has 0 saturated carbocycles. The highest BCUT2D eigenvalue weighted by molar-refractivity contribution is 7.85. The van der Waals surface area contributed by atoms with E-state index in [1.807, 2.05) is 78.9 Å². The molecule has 0 N–H and O–H groups in total. The summed E-state index contributed by atoms with van der Waals surface area (Å²) in [5.74, 6) is 0.585. The molecule has 0 spiro atoms. The fourth-order valence-electron chi connectivity index (χ4n) is 3.12. The Morgan fingerprint density at radius 3 is 1.41 bits per heavy atom. The van der Waals surface area contributed by atoms with Gasteiger partial charge in [0.25, 0.3) is 0 Å². The first-order valence-electron chi connectivity index (χ1n) is 9.49. The molecule has 0 aromatic heterocycles. The maximum Gasteiger partial charge on any atom is 0.167 e. The molecule has 0 aliphatic heterocycles. The van der Waals surface area contributed by atoms with E-state index in [9.17, 15) is 13.2 Å². The standard InChI is InChI=1S/C24H24O3S2/c25-24(22-14-8-3-9-15-22)23(18-28(26)16-20-10-4-1-5-11-20)19-29(27)17-21-12-6-2-7-13-21/h1-15,23H,16-19H2. The monoisotopic (exact) mass is 424 g/mol. The van der Waals surface area contributed by atoms with Gasteiger partial charge in [0.1, 0.15) is 0 Å². The minimum Gasteiger partial charge on any atom is -0.294 e. The summed E-state index contributed by atoms with van der Waals surface area (Å²) in [6.45, 7) is 0. The molecule has 2 atom stereocenters. The lowest BCUT2D eigenvalue weighted by Gasteiger charge is -2.16. The molecule has 5 heteroatoms. The van der Waals surface area contributed by atoms with Gasteiger partial charge >= 0.3 is 0 Å². The summed E-state index contributed by atoms with van der Waals surface area (Å²) in [6.07, 6.45) is 0. The summed E-state index contributed by atoms with van der Waals surface area (Å²) in [6, 6.07) is 28.2. The molecule has 0 heterocycles. The van der Waals surface area contributed by atoms with E-state index in [1.165, 1.54) is 0 Å². The molecule has 3 rings (SSSR count). The molecule has 150 valence electrons. The zero-order chi connectivity index (χ0) is 20.5. The topological polar surface area (TPSA) is 51.2 Å². The van der Waals surface area contributed by atoms with Gasteiger partial charge in [0, 0.05) is 56.1 Å². The molecule has 0 aliphatic rings. The van der Waals surface area contributed by atoms with Crippen molar-refractivity contribution < 1.29 is 13.2 Å². The molecular formula is C24H24O3S2. The van der Waals surface area contributed by atoms with E-state index in [4.69, 9.17) is 0 Å². The summed E-state index contributed by atoms with van der Waals surface area (Å²) < 4.78 is 25.5. The van der Waals surface area contributed by atoms with Crippen molar-refractivity contribution in [2.75, 3.05) is 11.5 Å². The molecule has 0 amide bonds. The highest BCUT2D eigenvalue weighted by Gasteiger charge is 2.25. The lowest BCUT2D eigenvalue weighted by atomic mass is 10.0. The van der Waals surface area contributed by atoms with Gasteiger partial charge in [-0.1, -0.05) is 91.0 Å². The lowest BCUT2D eigenvalue weighted by Crippen LogP contribution is -2.28. The van der Waals surface area contributed by atoms with Crippen LogP contribution in [0, 0.1) is 5.92 Å². The maximum atomic E-state index is 13.1. The van der Waals surface area contributed by atoms with Crippen LogP contribution in [0.1, 0.15) is 21.5 Å². The highest BCUT2D eigenvalue weighted by atomic mass is 32.2. The van der Waals surface area contributed by atoms with Gasteiger partial charge in [-0.25, -0.2) is 0 Å². The molecule has 0 radical (unpaired) electrons. The van der Waals surface area contributed by atoms with Crippen LogP contribution in [0.4, 0.5) is 0 Å². The van der Waals surface area contributed by atoms with Crippen molar-refractivity contribution in [3.8, 4) is 0 Å². The van der Waals surface area contributed by atoms with E-state index in [0.29, 0.717) is 17.1 Å². The molecule has 3 nitrogen and oxygen atoms in total. The minimum atomic E-state index is -1.21. The first-order valence-corrected chi connectivity index (χ1v) is 12.5. The van der Waals surface area contributed by atoms with E-state index in [2.05, 4.69) is 0 Å². The van der Waals surface area contributed by atoms with Gasteiger partial charge in [0.2, 0.25) is 0 Å². The largest absolute Gasteiger partial charge is 0.294 e. The average Bonchev–Trinajstić information content (AvgIpc) is 2.74. The van der Waals surface area contributed by atoms with Crippen LogP contribution in [0.5, 0.6) is 0 Å². The average molecular weight is 425 g/mol. The molecule has 3 aromatic rings. The predicted octanol–water partition coefficient (Wildman–Crippen LogP) is 4.38. The third kappa shape index (κ3) is 6.87. The lowest BCUT2D eigenvalue weighted by molar-refractivity contribution is 0.0943. The first kappa shape index (κ1) is 21.3. The van der Waals surface area contributed by atoms with Crippen molar-refractivity contribution in [2.24, 2.45) is 5.92 Å². The zero-order valence-electron chi connectivity index (χ0n) is 16.1. The Kier molecular flexibility index (Phi) is 8.08. The van der Waals surface area contributed by atoms with Gasteiger partial charge in [0.05, 0.1) is 0 Å². The second kappa shape index (κ2) is 11.0. The van der Waals surface area contributed by atoms with E-state index >= 15 is 0 Å². The maximum absolute atomic E-state index is 13.1. The summed E-state index contributed by atoms with van der Waals surface area (Å²) in [7, 11) is -2.43. The molecule has 3 aromatic carbocycles. The summed E-state index contributed by atoms with van der Waals surface area (Å²) in [4.78, 5) is 13.1. The van der Waals surface area contributed by atoms with Crippen LogP contribution < -0.4 is 0 Å². The molecule has 0 fully saturated rings. The third-order valence-corrected chi connectivity index (χ3v) is 7.40. The van der Waals surface area contributed by atoms with Crippen molar-refractivity contribution in [1.29, 1.82) is 0 Å². The number of benzene rings is 3. The quantitative estimate of drug-likeness (QED) is 0.454. The van der Waals surface area contributed by atoms with Crippen molar-refractivity contribution >= 4 is 27.4 Å². The van der Waals surface area contributed by atoms with Crippen LogP contribution in [0.3, 0.4) is 0 Å². The van der Waals surface area contributed by atoms with E-state index in [-0.39, 0.29) is 17.3 Å². The van der Waals surface area contributed by atoms with E-state index in [0.717, 1.165) is 11.1 Å². The molecule has 0 aliphatic carbocycles. The first-order chi connectivity index (χ1) is 14.1. The number of rotatable bonds is 10. The Hall–Kier alpha value is -2.37. The van der Waals surface area contributed by atoms with Crippen molar-refractivity contribution in [2.45, 2.75) is 11.5 Å². The second-order valence-electron chi connectivity index (χ2n) is 6.90. The summed E-state index contributed by atoms with van der Waals surface area (Å²) in [5, 5.41) is 0. The fraction of sp³-hybridized carbons (Fsp3) is 0.208. The van der Waals surface area contributed by atoms with Gasteiger partial charge < -0.3 is 0 Å². The molecule has 2 unspecified atom stereocenters. The van der Waals surface area contributed by atoms with E-state index < -0.39 is 27.5 Å². The Morgan fingerprint density at radius 2 is 1.00 bits per heavy atom.